The van der Waals surface area contributed by atoms with E-state index >= 15 is 0 Å². The number of hydrogen-bond acceptors (Lipinski definition) is 1. The van der Waals surface area contributed by atoms with Crippen LogP contribution in [0.4, 0.5) is 0 Å². The van der Waals surface area contributed by atoms with Crippen molar-refractivity contribution < 1.29 is 0 Å². The van der Waals surface area contributed by atoms with Gasteiger partial charge in [-0.05, 0) is 38.1 Å². The van der Waals surface area contributed by atoms with E-state index in [1.54, 1.807) is 11.1 Å². The second-order valence-corrected chi connectivity index (χ2v) is 8.72. The maximum Gasteiger partial charge on any atom is 0.0188 e. The van der Waals surface area contributed by atoms with Crippen LogP contribution in [0, 0.1) is 0 Å². The number of rotatable bonds is 4. The lowest BCUT2D eigenvalue weighted by Gasteiger charge is -2.29. The van der Waals surface area contributed by atoms with Gasteiger partial charge in [-0.25, -0.2) is 0 Å². The molecule has 0 saturated carbocycles. The normalized spacial score (nSPS) is 22.8. The van der Waals surface area contributed by atoms with Gasteiger partial charge in [0.2, 0.25) is 0 Å². The van der Waals surface area contributed by atoms with Crippen molar-refractivity contribution >= 4 is 7.92 Å². The summed E-state index contributed by atoms with van der Waals surface area (Å²) in [6.45, 7) is 0. The zero-order chi connectivity index (χ0) is 14.7. The first-order valence-electron chi connectivity index (χ1n) is 7.76. The lowest BCUT2D eigenvalue weighted by molar-refractivity contribution is 0.479. The van der Waals surface area contributed by atoms with Crippen molar-refractivity contribution in [1.82, 2.24) is 4.90 Å². The van der Waals surface area contributed by atoms with E-state index in [-0.39, 0.29) is 7.92 Å². The fourth-order valence-corrected chi connectivity index (χ4v) is 7.01. The average Bonchev–Trinajstić information content (AvgIpc) is 2.92. The summed E-state index contributed by atoms with van der Waals surface area (Å²) in [6, 6.07) is 22.3. The first-order chi connectivity index (χ1) is 10.3. The van der Waals surface area contributed by atoms with E-state index < -0.39 is 0 Å². The Labute approximate surface area is 129 Å². The highest BCUT2D eigenvalue weighted by Gasteiger charge is 2.37. The molecule has 2 aromatic rings. The lowest BCUT2D eigenvalue weighted by Crippen LogP contribution is -2.14. The van der Waals surface area contributed by atoms with Crippen molar-refractivity contribution in [2.75, 3.05) is 20.4 Å². The summed E-state index contributed by atoms with van der Waals surface area (Å²) < 4.78 is 0. The highest BCUT2D eigenvalue weighted by molar-refractivity contribution is 7.58. The van der Waals surface area contributed by atoms with Crippen LogP contribution in [0.25, 0.3) is 0 Å². The number of benzene rings is 2. The molecule has 3 rings (SSSR count). The van der Waals surface area contributed by atoms with E-state index in [4.69, 9.17) is 0 Å². The van der Waals surface area contributed by atoms with Crippen molar-refractivity contribution in [3.63, 3.8) is 0 Å². The third kappa shape index (κ3) is 3.36. The van der Waals surface area contributed by atoms with Gasteiger partial charge in [-0.1, -0.05) is 68.6 Å². The van der Waals surface area contributed by atoms with E-state index in [1.165, 1.54) is 19.1 Å². The standard InChI is InChI=1S/C19H24NP/c1-20(2)15-21-18(16-9-5-3-6-10-16)13-14-19(21)17-11-7-4-8-12-17/h3-12,18-19H,13-15H2,1-2H3/t18-,19-/m0/s1. The van der Waals surface area contributed by atoms with Crippen LogP contribution in [0.3, 0.4) is 0 Å². The fraction of sp³-hybridized carbons (Fsp3) is 0.368. The Balaban J connectivity index is 1.89. The smallest absolute Gasteiger partial charge is 0.0188 e. The molecule has 0 radical (unpaired) electrons. The molecule has 2 heteroatoms. The molecular formula is C19H24NP. The molecule has 0 amide bonds. The van der Waals surface area contributed by atoms with E-state index in [0.717, 1.165) is 11.3 Å². The van der Waals surface area contributed by atoms with Crippen LogP contribution < -0.4 is 0 Å². The van der Waals surface area contributed by atoms with Gasteiger partial charge in [-0.3, -0.25) is 0 Å². The van der Waals surface area contributed by atoms with Crippen LogP contribution in [0.2, 0.25) is 0 Å². The third-order valence-electron chi connectivity index (χ3n) is 4.33. The molecular weight excluding hydrogens is 273 g/mol. The fourth-order valence-electron chi connectivity index (χ4n) is 3.45. The average molecular weight is 297 g/mol. The predicted octanol–water partition coefficient (Wildman–Crippen LogP) is 5.26. The maximum absolute atomic E-state index is 2.38. The summed E-state index contributed by atoms with van der Waals surface area (Å²) in [7, 11) is 4.39. The molecule has 0 aromatic heterocycles. The van der Waals surface area contributed by atoms with Crippen LogP contribution in [-0.4, -0.2) is 25.3 Å². The van der Waals surface area contributed by atoms with Crippen molar-refractivity contribution in [3.8, 4) is 0 Å². The first-order valence-corrected chi connectivity index (χ1v) is 9.42. The second-order valence-electron chi connectivity index (χ2n) is 6.17. The summed E-state index contributed by atoms with van der Waals surface area (Å²) in [6.07, 6.45) is 3.90. The Morgan fingerprint density at radius 2 is 1.24 bits per heavy atom. The predicted molar refractivity (Wildman–Crippen MR) is 93.1 cm³/mol. The SMILES string of the molecule is CN(C)CP1[C@H](c2ccccc2)CC[C@H]1c1ccccc1. The van der Waals surface area contributed by atoms with Crippen LogP contribution >= 0.6 is 7.92 Å². The van der Waals surface area contributed by atoms with E-state index in [0.29, 0.717) is 0 Å². The monoisotopic (exact) mass is 297 g/mol. The minimum atomic E-state index is -0.0381. The summed E-state index contributed by atoms with van der Waals surface area (Å²) in [4.78, 5) is 2.38. The number of nitrogens with zero attached hydrogens (tertiary/aromatic N) is 1. The molecule has 21 heavy (non-hydrogen) atoms. The highest BCUT2D eigenvalue weighted by Crippen LogP contribution is 2.70. The molecule has 0 spiro atoms. The molecule has 0 bridgehead atoms. The molecule has 0 N–H and O–H groups in total. The van der Waals surface area contributed by atoms with Crippen LogP contribution in [0.1, 0.15) is 35.3 Å². The van der Waals surface area contributed by atoms with Crippen molar-refractivity contribution in [3.05, 3.63) is 71.8 Å². The lowest BCUT2D eigenvalue weighted by atomic mass is 10.0. The van der Waals surface area contributed by atoms with Gasteiger partial charge in [0.15, 0.2) is 0 Å². The zero-order valence-corrected chi connectivity index (χ0v) is 13.8. The minimum Gasteiger partial charge on any atom is -0.305 e. The third-order valence-corrected chi connectivity index (χ3v) is 7.94. The molecule has 110 valence electrons. The van der Waals surface area contributed by atoms with Gasteiger partial charge < -0.3 is 4.90 Å². The first kappa shape index (κ1) is 14.8. The van der Waals surface area contributed by atoms with Gasteiger partial charge in [0.25, 0.3) is 0 Å². The molecule has 1 aliphatic rings. The molecule has 1 fully saturated rings. The van der Waals surface area contributed by atoms with Gasteiger partial charge in [0.1, 0.15) is 0 Å². The van der Waals surface area contributed by atoms with Crippen molar-refractivity contribution in [2.24, 2.45) is 0 Å². The molecule has 0 unspecified atom stereocenters. The Bertz CT molecular complexity index is 505. The second kappa shape index (κ2) is 6.73. The Morgan fingerprint density at radius 1 is 0.810 bits per heavy atom. The van der Waals surface area contributed by atoms with E-state index in [9.17, 15) is 0 Å². The van der Waals surface area contributed by atoms with E-state index in [1.807, 2.05) is 0 Å². The van der Waals surface area contributed by atoms with E-state index in [2.05, 4.69) is 79.7 Å². The topological polar surface area (TPSA) is 3.24 Å². The van der Waals surface area contributed by atoms with Crippen molar-refractivity contribution in [2.45, 2.75) is 24.2 Å². The molecule has 1 aliphatic heterocycles. The van der Waals surface area contributed by atoms with Crippen LogP contribution in [-0.2, 0) is 0 Å². The highest BCUT2D eigenvalue weighted by atomic mass is 31.1. The summed E-state index contributed by atoms with van der Waals surface area (Å²) in [5, 5.41) is 0. The quantitative estimate of drug-likeness (QED) is 0.695. The zero-order valence-electron chi connectivity index (χ0n) is 12.9. The molecule has 2 aromatic carbocycles. The van der Waals surface area contributed by atoms with Gasteiger partial charge in [-0.15, -0.1) is 0 Å². The summed E-state index contributed by atoms with van der Waals surface area (Å²) in [5.74, 6) is 0. The molecule has 0 aliphatic carbocycles. The van der Waals surface area contributed by atoms with Gasteiger partial charge in [0.05, 0.1) is 0 Å². The summed E-state index contributed by atoms with van der Waals surface area (Å²) in [5.41, 5.74) is 4.61. The Hall–Kier alpha value is -1.17. The molecule has 2 atom stereocenters. The van der Waals surface area contributed by atoms with Crippen molar-refractivity contribution in [1.29, 1.82) is 0 Å². The molecule has 1 heterocycles. The largest absolute Gasteiger partial charge is 0.305 e. The van der Waals surface area contributed by atoms with Crippen LogP contribution in [0.15, 0.2) is 60.7 Å². The minimum absolute atomic E-state index is 0.0381. The Kier molecular flexibility index (Phi) is 4.73. The molecule has 1 nitrogen and oxygen atoms in total. The maximum atomic E-state index is 2.38. The summed E-state index contributed by atoms with van der Waals surface area (Å²) >= 11 is 0. The van der Waals surface area contributed by atoms with Crippen LogP contribution in [0.5, 0.6) is 0 Å². The Morgan fingerprint density at radius 3 is 1.62 bits per heavy atom. The van der Waals surface area contributed by atoms with Gasteiger partial charge in [0, 0.05) is 17.6 Å². The number of hydrogen-bond donors (Lipinski definition) is 0. The van der Waals surface area contributed by atoms with Gasteiger partial charge in [-0.2, -0.15) is 0 Å². The van der Waals surface area contributed by atoms with Gasteiger partial charge >= 0.3 is 0 Å². The molecule has 1 saturated heterocycles.